The largest absolute Gasteiger partial charge is 0.298 e. The maximum absolute atomic E-state index is 11.3. The van der Waals surface area contributed by atoms with Crippen molar-refractivity contribution in [3.05, 3.63) is 42.2 Å². The van der Waals surface area contributed by atoms with Crippen LogP contribution in [-0.4, -0.2) is 16.5 Å². The number of carbonyl (C=O) groups excluding carboxylic acids is 1. The van der Waals surface area contributed by atoms with Crippen molar-refractivity contribution in [2.24, 2.45) is 0 Å². The third kappa shape index (κ3) is 2.18. The minimum absolute atomic E-state index is 0.141. The molecule has 0 unspecified atom stereocenters. The molecule has 2 nitrogen and oxygen atoms in total. The zero-order chi connectivity index (χ0) is 10.7. The molecule has 0 atom stereocenters. The lowest BCUT2D eigenvalue weighted by molar-refractivity contribution is -0.115. The molecule has 0 aliphatic rings. The van der Waals surface area contributed by atoms with Crippen molar-refractivity contribution < 1.29 is 4.79 Å². The van der Waals surface area contributed by atoms with Gasteiger partial charge in [0.25, 0.3) is 0 Å². The molecule has 2 rings (SSSR count). The summed E-state index contributed by atoms with van der Waals surface area (Å²) in [6.45, 7) is 0. The van der Waals surface area contributed by atoms with Crippen molar-refractivity contribution in [2.75, 3.05) is 5.75 Å². The second-order valence-electron chi connectivity index (χ2n) is 3.39. The van der Waals surface area contributed by atoms with Gasteiger partial charge < -0.3 is 0 Å². The molecule has 0 spiro atoms. The molecule has 1 aromatic carbocycles. The Balaban J connectivity index is 2.46. The number of nitrogens with zero attached hydrogens (tertiary/aromatic N) is 1. The highest BCUT2D eigenvalue weighted by molar-refractivity contribution is 7.81. The molecule has 0 bridgehead atoms. The number of Topliss-reactive ketones (excluding diaryl/α,β-unsaturated/α-hetero) is 1. The predicted octanol–water partition coefficient (Wildman–Crippen LogP) is 2.28. The molecule has 0 amide bonds. The fourth-order valence-electron chi connectivity index (χ4n) is 1.61. The van der Waals surface area contributed by atoms with Crippen LogP contribution in [0.5, 0.6) is 0 Å². The normalized spacial score (nSPS) is 10.5. The fourth-order valence-corrected chi connectivity index (χ4v) is 1.72. The van der Waals surface area contributed by atoms with Crippen LogP contribution in [0.3, 0.4) is 0 Å². The van der Waals surface area contributed by atoms with E-state index in [-0.39, 0.29) is 5.78 Å². The van der Waals surface area contributed by atoms with E-state index in [1.54, 1.807) is 6.20 Å². The Morgan fingerprint density at radius 3 is 3.00 bits per heavy atom. The van der Waals surface area contributed by atoms with Gasteiger partial charge in [0.2, 0.25) is 0 Å². The molecule has 1 aromatic heterocycles. The average molecular weight is 217 g/mol. The van der Waals surface area contributed by atoms with Gasteiger partial charge >= 0.3 is 0 Å². The van der Waals surface area contributed by atoms with Gasteiger partial charge in [-0.15, -0.1) is 0 Å². The Bertz CT molecular complexity index is 490. The smallest absolute Gasteiger partial charge is 0.146 e. The molecular weight excluding hydrogens is 206 g/mol. The van der Waals surface area contributed by atoms with Crippen LogP contribution in [0.4, 0.5) is 0 Å². The molecular formula is C12H11NOS. The summed E-state index contributed by atoms with van der Waals surface area (Å²) in [5, 5.41) is 2.17. The topological polar surface area (TPSA) is 30.0 Å². The Morgan fingerprint density at radius 2 is 2.20 bits per heavy atom. The highest BCUT2D eigenvalue weighted by Crippen LogP contribution is 2.18. The number of thiol groups is 1. The van der Waals surface area contributed by atoms with E-state index < -0.39 is 0 Å². The van der Waals surface area contributed by atoms with Crippen LogP contribution in [0.15, 0.2) is 36.7 Å². The van der Waals surface area contributed by atoms with E-state index in [9.17, 15) is 4.79 Å². The third-order valence-corrected chi connectivity index (χ3v) is 2.69. The zero-order valence-corrected chi connectivity index (χ0v) is 9.08. The molecule has 0 saturated carbocycles. The van der Waals surface area contributed by atoms with Gasteiger partial charge in [0.1, 0.15) is 5.78 Å². The quantitative estimate of drug-likeness (QED) is 0.799. The van der Waals surface area contributed by atoms with E-state index in [2.05, 4.69) is 17.6 Å². The fraction of sp³-hybridized carbons (Fsp3) is 0.167. The molecule has 1 heterocycles. The third-order valence-electron chi connectivity index (χ3n) is 2.34. The number of aromatic nitrogens is 1. The summed E-state index contributed by atoms with van der Waals surface area (Å²) in [6, 6.07) is 7.86. The van der Waals surface area contributed by atoms with E-state index >= 15 is 0 Å². The second-order valence-corrected chi connectivity index (χ2v) is 3.70. The second kappa shape index (κ2) is 4.45. The van der Waals surface area contributed by atoms with Gasteiger partial charge in [-0.05, 0) is 17.0 Å². The van der Waals surface area contributed by atoms with Crippen LogP contribution in [0.25, 0.3) is 10.8 Å². The SMILES string of the molecule is O=C(CS)Cc1cccc2cnccc12. The molecule has 15 heavy (non-hydrogen) atoms. The minimum Gasteiger partial charge on any atom is -0.298 e. The van der Waals surface area contributed by atoms with E-state index in [4.69, 9.17) is 0 Å². The maximum Gasteiger partial charge on any atom is 0.146 e. The Kier molecular flexibility index (Phi) is 3.02. The molecule has 0 radical (unpaired) electrons. The summed E-state index contributed by atoms with van der Waals surface area (Å²) < 4.78 is 0. The van der Waals surface area contributed by atoms with Gasteiger partial charge in [0.05, 0.1) is 0 Å². The molecule has 2 aromatic rings. The molecule has 3 heteroatoms. The Morgan fingerprint density at radius 1 is 1.33 bits per heavy atom. The van der Waals surface area contributed by atoms with Gasteiger partial charge in [-0.3, -0.25) is 9.78 Å². The zero-order valence-electron chi connectivity index (χ0n) is 8.18. The molecule has 76 valence electrons. The van der Waals surface area contributed by atoms with Crippen LogP contribution in [0.1, 0.15) is 5.56 Å². The number of rotatable bonds is 3. The number of pyridine rings is 1. The van der Waals surface area contributed by atoms with Crippen molar-refractivity contribution in [3.63, 3.8) is 0 Å². The summed E-state index contributed by atoms with van der Waals surface area (Å²) in [5.74, 6) is 0.434. The highest BCUT2D eigenvalue weighted by Gasteiger charge is 2.04. The van der Waals surface area contributed by atoms with Gasteiger partial charge in [0.15, 0.2) is 0 Å². The first-order valence-corrected chi connectivity index (χ1v) is 5.38. The summed E-state index contributed by atoms with van der Waals surface area (Å²) in [6.07, 6.45) is 4.01. The first-order chi connectivity index (χ1) is 7.31. The van der Waals surface area contributed by atoms with Crippen molar-refractivity contribution >= 4 is 29.2 Å². The first kappa shape index (κ1) is 10.2. The number of hydrogen-bond donors (Lipinski definition) is 1. The van der Waals surface area contributed by atoms with Crippen molar-refractivity contribution in [2.45, 2.75) is 6.42 Å². The number of hydrogen-bond acceptors (Lipinski definition) is 3. The van der Waals surface area contributed by atoms with Gasteiger partial charge in [-0.1, -0.05) is 18.2 Å². The lowest BCUT2D eigenvalue weighted by Gasteiger charge is -2.04. The molecule has 0 fully saturated rings. The Labute approximate surface area is 93.7 Å². The number of ketones is 1. The van der Waals surface area contributed by atoms with Gasteiger partial charge in [-0.2, -0.15) is 12.6 Å². The lowest BCUT2D eigenvalue weighted by atomic mass is 10.0. The van der Waals surface area contributed by atoms with Crippen LogP contribution >= 0.6 is 12.6 Å². The first-order valence-electron chi connectivity index (χ1n) is 4.75. The predicted molar refractivity (Wildman–Crippen MR) is 64.3 cm³/mol. The Hall–Kier alpha value is -1.35. The minimum atomic E-state index is 0.141. The van der Waals surface area contributed by atoms with Crippen molar-refractivity contribution in [3.8, 4) is 0 Å². The maximum atomic E-state index is 11.3. The van der Waals surface area contributed by atoms with Crippen LogP contribution in [-0.2, 0) is 11.2 Å². The monoisotopic (exact) mass is 217 g/mol. The number of carbonyl (C=O) groups is 1. The van der Waals surface area contributed by atoms with E-state index in [1.807, 2.05) is 30.5 Å². The van der Waals surface area contributed by atoms with Crippen LogP contribution in [0, 0.1) is 0 Å². The van der Waals surface area contributed by atoms with Crippen molar-refractivity contribution in [1.82, 2.24) is 4.98 Å². The lowest BCUT2D eigenvalue weighted by Crippen LogP contribution is -2.04. The number of benzene rings is 1. The van der Waals surface area contributed by atoms with Crippen molar-refractivity contribution in [1.29, 1.82) is 0 Å². The highest BCUT2D eigenvalue weighted by atomic mass is 32.1. The van der Waals surface area contributed by atoms with Gasteiger partial charge in [-0.25, -0.2) is 0 Å². The summed E-state index contributed by atoms with van der Waals surface area (Å²) in [5.41, 5.74) is 1.05. The van der Waals surface area contributed by atoms with E-state index in [0.29, 0.717) is 12.2 Å². The molecule has 0 N–H and O–H groups in total. The molecule has 0 aliphatic heterocycles. The standard InChI is InChI=1S/C12H11NOS/c14-11(8-15)6-9-2-1-3-10-7-13-5-4-12(9)10/h1-5,7,15H,6,8H2. The van der Waals surface area contributed by atoms with Gasteiger partial charge in [0, 0.05) is 30.0 Å². The van der Waals surface area contributed by atoms with Crippen LogP contribution < -0.4 is 0 Å². The van der Waals surface area contributed by atoms with Crippen LogP contribution in [0.2, 0.25) is 0 Å². The summed E-state index contributed by atoms with van der Waals surface area (Å²) in [4.78, 5) is 15.4. The molecule has 0 saturated heterocycles. The summed E-state index contributed by atoms with van der Waals surface area (Å²) >= 11 is 3.98. The average Bonchev–Trinajstić information content (AvgIpc) is 2.29. The molecule has 0 aliphatic carbocycles. The van der Waals surface area contributed by atoms with E-state index in [0.717, 1.165) is 16.3 Å². The summed E-state index contributed by atoms with van der Waals surface area (Å²) in [7, 11) is 0. The number of fused-ring (bicyclic) bond motifs is 1. The van der Waals surface area contributed by atoms with E-state index in [1.165, 1.54) is 0 Å².